The van der Waals surface area contributed by atoms with Crippen LogP contribution in [-0.2, 0) is 17.8 Å². The number of hydrogen-bond acceptors (Lipinski definition) is 2. The van der Waals surface area contributed by atoms with Crippen molar-refractivity contribution >= 4 is 28.5 Å². The molecule has 0 fully saturated rings. The lowest BCUT2D eigenvalue weighted by Gasteiger charge is -2.20. The summed E-state index contributed by atoms with van der Waals surface area (Å²) < 4.78 is 2.10. The molecule has 3 rings (SSSR count). The number of carboxylic acids is 1. The highest BCUT2D eigenvalue weighted by Gasteiger charge is 2.29. The topological polar surface area (TPSA) is 62.5 Å². The third-order valence-corrected chi connectivity index (χ3v) is 4.68. The second kappa shape index (κ2) is 6.45. The molecule has 0 atom stereocenters. The molecule has 0 bridgehead atoms. The molecule has 0 saturated heterocycles. The van der Waals surface area contributed by atoms with E-state index in [0.29, 0.717) is 18.0 Å². The summed E-state index contributed by atoms with van der Waals surface area (Å²) in [5.41, 5.74) is 2.07. The highest BCUT2D eigenvalue weighted by Crippen LogP contribution is 2.30. The van der Waals surface area contributed by atoms with Crippen molar-refractivity contribution in [2.75, 3.05) is 0 Å². The monoisotopic (exact) mass is 357 g/mol. The first kappa shape index (κ1) is 17.4. The molecule has 0 amide bonds. The van der Waals surface area contributed by atoms with Crippen LogP contribution in [0.25, 0.3) is 10.9 Å². The van der Waals surface area contributed by atoms with Crippen molar-refractivity contribution in [3.63, 3.8) is 0 Å². The van der Waals surface area contributed by atoms with Crippen molar-refractivity contribution < 1.29 is 15.0 Å². The number of aromatic nitrogens is 1. The van der Waals surface area contributed by atoms with Crippen molar-refractivity contribution in [2.45, 2.75) is 26.8 Å². The summed E-state index contributed by atoms with van der Waals surface area (Å²) in [7, 11) is 0. The number of rotatable bonds is 5. The van der Waals surface area contributed by atoms with E-state index in [9.17, 15) is 15.0 Å². The smallest absolute Gasteiger partial charge is 0.309 e. The number of nitrogens with zero attached hydrogens (tertiary/aromatic N) is 1. The lowest BCUT2D eigenvalue weighted by atomic mass is 9.88. The van der Waals surface area contributed by atoms with E-state index in [1.807, 2.05) is 36.4 Å². The number of carbonyl (C=O) groups is 1. The van der Waals surface area contributed by atoms with E-state index in [2.05, 4.69) is 4.57 Å². The molecule has 1 aromatic heterocycles. The Morgan fingerprint density at radius 2 is 1.80 bits per heavy atom. The van der Waals surface area contributed by atoms with Crippen LogP contribution >= 0.6 is 11.6 Å². The summed E-state index contributed by atoms with van der Waals surface area (Å²) in [5, 5.41) is 20.8. The molecule has 25 heavy (non-hydrogen) atoms. The Kier molecular flexibility index (Phi) is 4.48. The summed E-state index contributed by atoms with van der Waals surface area (Å²) in [4.78, 5) is 11.5. The maximum Gasteiger partial charge on any atom is 0.309 e. The second-order valence-electron chi connectivity index (χ2n) is 6.96. The zero-order chi connectivity index (χ0) is 18.2. The molecule has 0 aliphatic heterocycles. The Labute approximate surface area is 151 Å². The highest BCUT2D eigenvalue weighted by molar-refractivity contribution is 6.30. The highest BCUT2D eigenvalue weighted by atomic mass is 35.5. The molecule has 0 saturated carbocycles. The Bertz CT molecular complexity index is 926. The molecule has 4 nitrogen and oxygen atoms in total. The third kappa shape index (κ3) is 3.64. The molecule has 130 valence electrons. The number of benzene rings is 2. The van der Waals surface area contributed by atoms with Crippen LogP contribution in [0.5, 0.6) is 5.75 Å². The predicted octanol–water partition coefficient (Wildman–Crippen LogP) is 4.70. The number of hydrogen-bond donors (Lipinski definition) is 2. The average molecular weight is 358 g/mol. The van der Waals surface area contributed by atoms with Gasteiger partial charge in [0.25, 0.3) is 0 Å². The van der Waals surface area contributed by atoms with Gasteiger partial charge in [0, 0.05) is 34.6 Å². The van der Waals surface area contributed by atoms with Gasteiger partial charge in [0.2, 0.25) is 0 Å². The molecule has 5 heteroatoms. The number of fused-ring (bicyclic) bond motifs is 1. The van der Waals surface area contributed by atoms with E-state index < -0.39 is 11.4 Å². The van der Waals surface area contributed by atoms with E-state index in [0.717, 1.165) is 22.2 Å². The summed E-state index contributed by atoms with van der Waals surface area (Å²) in [6, 6.07) is 14.8. The molecule has 2 aromatic carbocycles. The van der Waals surface area contributed by atoms with Gasteiger partial charge >= 0.3 is 5.97 Å². The lowest BCUT2D eigenvalue weighted by Crippen LogP contribution is -2.27. The van der Waals surface area contributed by atoms with Crippen molar-refractivity contribution in [3.05, 3.63) is 64.8 Å². The van der Waals surface area contributed by atoms with Gasteiger partial charge in [-0.3, -0.25) is 4.79 Å². The fraction of sp³-hybridized carbons (Fsp3) is 0.250. The van der Waals surface area contributed by atoms with Gasteiger partial charge in [-0.15, -0.1) is 0 Å². The molecule has 0 aliphatic rings. The minimum atomic E-state index is -0.881. The number of halogens is 1. The molecule has 0 radical (unpaired) electrons. The van der Waals surface area contributed by atoms with E-state index in [1.54, 1.807) is 26.0 Å². The van der Waals surface area contributed by atoms with Crippen molar-refractivity contribution in [2.24, 2.45) is 5.41 Å². The molecule has 1 heterocycles. The van der Waals surface area contributed by atoms with Crippen LogP contribution in [-0.4, -0.2) is 20.7 Å². The van der Waals surface area contributed by atoms with Crippen LogP contribution < -0.4 is 0 Å². The largest absolute Gasteiger partial charge is 0.508 e. The van der Waals surface area contributed by atoms with Crippen LogP contribution in [0.15, 0.2) is 48.5 Å². The maximum absolute atomic E-state index is 11.5. The first-order valence-electron chi connectivity index (χ1n) is 8.05. The minimum absolute atomic E-state index is 0.195. The summed E-state index contributed by atoms with van der Waals surface area (Å²) in [6.07, 6.45) is 0.394. The van der Waals surface area contributed by atoms with Gasteiger partial charge in [-0.2, -0.15) is 0 Å². The molecule has 0 spiro atoms. The molecular weight excluding hydrogens is 338 g/mol. The first-order valence-corrected chi connectivity index (χ1v) is 8.43. The van der Waals surface area contributed by atoms with Crippen molar-refractivity contribution in [3.8, 4) is 5.75 Å². The Morgan fingerprint density at radius 3 is 2.44 bits per heavy atom. The van der Waals surface area contributed by atoms with E-state index in [4.69, 9.17) is 11.6 Å². The van der Waals surface area contributed by atoms with Crippen LogP contribution in [0.4, 0.5) is 0 Å². The van der Waals surface area contributed by atoms with Crippen molar-refractivity contribution in [1.82, 2.24) is 4.57 Å². The van der Waals surface area contributed by atoms with Crippen molar-refractivity contribution in [1.29, 1.82) is 0 Å². The lowest BCUT2D eigenvalue weighted by molar-refractivity contribution is -0.146. The molecule has 0 unspecified atom stereocenters. The van der Waals surface area contributed by atoms with Crippen LogP contribution in [0.1, 0.15) is 25.1 Å². The van der Waals surface area contributed by atoms with Crippen LogP contribution in [0.3, 0.4) is 0 Å². The number of phenols is 1. The number of aliphatic carboxylic acids is 1. The van der Waals surface area contributed by atoms with Crippen LogP contribution in [0, 0.1) is 5.41 Å². The summed E-state index contributed by atoms with van der Waals surface area (Å²) >= 11 is 5.96. The maximum atomic E-state index is 11.5. The summed E-state index contributed by atoms with van der Waals surface area (Å²) in [6.45, 7) is 4.05. The molecule has 3 aromatic rings. The van der Waals surface area contributed by atoms with Gasteiger partial charge < -0.3 is 14.8 Å². The van der Waals surface area contributed by atoms with Gasteiger partial charge in [0.15, 0.2) is 0 Å². The third-order valence-electron chi connectivity index (χ3n) is 4.43. The van der Waals surface area contributed by atoms with Gasteiger partial charge in [0.1, 0.15) is 5.75 Å². The second-order valence-corrected chi connectivity index (χ2v) is 7.39. The SMILES string of the molecule is CC(C)(Cc1cc2cc(O)ccc2n1Cc1ccc(Cl)cc1)C(=O)O. The van der Waals surface area contributed by atoms with Gasteiger partial charge in [0.05, 0.1) is 5.41 Å². The quantitative estimate of drug-likeness (QED) is 0.695. The van der Waals surface area contributed by atoms with Crippen LogP contribution in [0.2, 0.25) is 5.02 Å². The predicted molar refractivity (Wildman–Crippen MR) is 99.3 cm³/mol. The average Bonchev–Trinajstić information content (AvgIpc) is 2.85. The van der Waals surface area contributed by atoms with E-state index in [1.165, 1.54) is 0 Å². The first-order chi connectivity index (χ1) is 11.8. The zero-order valence-corrected chi connectivity index (χ0v) is 14.9. The fourth-order valence-electron chi connectivity index (χ4n) is 2.95. The summed E-state index contributed by atoms with van der Waals surface area (Å²) in [5.74, 6) is -0.640. The number of aromatic hydroxyl groups is 1. The Morgan fingerprint density at radius 1 is 1.12 bits per heavy atom. The fourth-order valence-corrected chi connectivity index (χ4v) is 3.08. The van der Waals surface area contributed by atoms with Gasteiger partial charge in [-0.1, -0.05) is 23.7 Å². The minimum Gasteiger partial charge on any atom is -0.508 e. The van der Waals surface area contributed by atoms with Gasteiger partial charge in [-0.25, -0.2) is 0 Å². The van der Waals surface area contributed by atoms with Gasteiger partial charge in [-0.05, 0) is 55.8 Å². The molecule has 0 aliphatic carbocycles. The Balaban J connectivity index is 2.08. The van der Waals surface area contributed by atoms with E-state index >= 15 is 0 Å². The number of carboxylic acid groups (broad SMARTS) is 1. The molecule has 2 N–H and O–H groups in total. The standard InChI is InChI=1S/C20H20ClNO3/c1-20(2,19(24)25)11-16-9-14-10-17(23)7-8-18(14)22(16)12-13-3-5-15(21)6-4-13/h3-10,23H,11-12H2,1-2H3,(H,24,25). The normalized spacial score (nSPS) is 11.8. The van der Waals surface area contributed by atoms with E-state index in [-0.39, 0.29) is 5.75 Å². The molecular formula is C20H20ClNO3. The Hall–Kier alpha value is -2.46. The number of phenolic OH excluding ortho intramolecular Hbond substituents is 1. The zero-order valence-electron chi connectivity index (χ0n) is 14.2.